The maximum absolute atomic E-state index is 11.1. The molecule has 0 fully saturated rings. The molecule has 0 aromatic rings. The average Bonchev–Trinajstić information content (AvgIpc) is 2.35. The van der Waals surface area contributed by atoms with E-state index in [0.29, 0.717) is 6.42 Å². The van der Waals surface area contributed by atoms with Gasteiger partial charge in [0.05, 0.1) is 6.61 Å². The number of hydrogen-bond acceptors (Lipinski definition) is 7. The summed E-state index contributed by atoms with van der Waals surface area (Å²) >= 11 is 5.32. The molecule has 7 nitrogen and oxygen atoms in total. The molecule has 100 valence electrons. The number of alkyl halides is 1. The molecule has 0 rings (SSSR count). The largest absolute Gasteiger partial charge is 0.464 e. The van der Waals surface area contributed by atoms with Crippen LogP contribution in [0.2, 0.25) is 0 Å². The topological polar surface area (TPSA) is 124 Å². The lowest BCUT2D eigenvalue weighted by Gasteiger charge is -2.22. The second-order valence-corrected chi connectivity index (χ2v) is 3.64. The van der Waals surface area contributed by atoms with Crippen molar-refractivity contribution < 1.29 is 34.8 Å². The van der Waals surface area contributed by atoms with E-state index in [2.05, 4.69) is 4.74 Å². The Hall–Kier alpha value is -0.730. The Balaban J connectivity index is 4.23. The molecule has 0 heterocycles. The van der Waals surface area contributed by atoms with E-state index in [-0.39, 0.29) is 18.8 Å². The second-order valence-electron chi connectivity index (χ2n) is 3.26. The highest BCUT2D eigenvalue weighted by molar-refractivity contribution is 6.17. The molecule has 0 aliphatic heterocycles. The van der Waals surface area contributed by atoms with Crippen molar-refractivity contribution in [2.75, 3.05) is 12.5 Å². The molecule has 17 heavy (non-hydrogen) atoms. The number of esters is 1. The molecule has 8 heteroatoms. The molecule has 0 aromatic heterocycles. The van der Waals surface area contributed by atoms with Gasteiger partial charge in [0.15, 0.2) is 12.4 Å². The first-order chi connectivity index (χ1) is 7.95. The van der Waals surface area contributed by atoms with Crippen molar-refractivity contribution in [3.63, 3.8) is 0 Å². The number of ether oxygens (including phenoxy) is 1. The number of carbonyl (C=O) groups is 2. The van der Waals surface area contributed by atoms with E-state index in [9.17, 15) is 19.8 Å². The van der Waals surface area contributed by atoms with Crippen LogP contribution in [0.25, 0.3) is 0 Å². The first-order valence-electron chi connectivity index (χ1n) is 4.85. The van der Waals surface area contributed by atoms with Crippen molar-refractivity contribution in [3.05, 3.63) is 0 Å². The smallest absolute Gasteiger partial charge is 0.337 e. The fourth-order valence-electron chi connectivity index (χ4n) is 0.921. The third-order valence-electron chi connectivity index (χ3n) is 1.93. The van der Waals surface area contributed by atoms with Crippen LogP contribution in [0.1, 0.15) is 6.42 Å². The van der Waals surface area contributed by atoms with E-state index >= 15 is 0 Å². The number of halogens is 1. The van der Waals surface area contributed by atoms with E-state index in [1.165, 1.54) is 0 Å². The number of rotatable bonds is 8. The van der Waals surface area contributed by atoms with Crippen molar-refractivity contribution in [2.24, 2.45) is 0 Å². The Labute approximate surface area is 103 Å². The summed E-state index contributed by atoms with van der Waals surface area (Å²) in [5, 5.41) is 36.6. The molecule has 0 unspecified atom stereocenters. The van der Waals surface area contributed by atoms with Gasteiger partial charge in [-0.1, -0.05) is 0 Å². The lowest BCUT2D eigenvalue weighted by atomic mass is 10.0. The molecule has 0 spiro atoms. The molecular formula is C9H15ClO7. The summed E-state index contributed by atoms with van der Waals surface area (Å²) in [6.07, 6.45) is -7.58. The van der Waals surface area contributed by atoms with Gasteiger partial charge >= 0.3 is 5.97 Å². The highest BCUT2D eigenvalue weighted by atomic mass is 35.5. The van der Waals surface area contributed by atoms with E-state index in [1.54, 1.807) is 0 Å². The second kappa shape index (κ2) is 8.37. The van der Waals surface area contributed by atoms with Gasteiger partial charge in [-0.3, -0.25) is 0 Å². The van der Waals surface area contributed by atoms with E-state index in [0.717, 1.165) is 0 Å². The molecule has 0 saturated carbocycles. The van der Waals surface area contributed by atoms with E-state index < -0.39 is 30.4 Å². The third kappa shape index (κ3) is 5.42. The molecule has 0 aliphatic rings. The van der Waals surface area contributed by atoms with Crippen LogP contribution in [0.4, 0.5) is 0 Å². The van der Waals surface area contributed by atoms with Gasteiger partial charge in [-0.25, -0.2) is 4.79 Å². The van der Waals surface area contributed by atoms with Gasteiger partial charge in [0, 0.05) is 5.88 Å². The summed E-state index contributed by atoms with van der Waals surface area (Å²) in [7, 11) is 0. The highest BCUT2D eigenvalue weighted by Gasteiger charge is 2.35. The zero-order valence-corrected chi connectivity index (χ0v) is 9.66. The fraction of sp³-hybridized carbons (Fsp3) is 0.778. The summed E-state index contributed by atoms with van der Waals surface area (Å²) in [5.41, 5.74) is 0. The van der Waals surface area contributed by atoms with Crippen molar-refractivity contribution in [1.29, 1.82) is 0 Å². The van der Waals surface area contributed by atoms with Gasteiger partial charge in [-0.2, -0.15) is 0 Å². The Morgan fingerprint density at radius 3 is 2.29 bits per heavy atom. The summed E-state index contributed by atoms with van der Waals surface area (Å²) in [4.78, 5) is 21.2. The highest BCUT2D eigenvalue weighted by Crippen LogP contribution is 2.06. The molecule has 0 aromatic carbocycles. The van der Waals surface area contributed by atoms with Crippen molar-refractivity contribution in [1.82, 2.24) is 0 Å². The fourth-order valence-corrected chi connectivity index (χ4v) is 1.03. The summed E-state index contributed by atoms with van der Waals surface area (Å²) in [5.74, 6) is -0.905. The Morgan fingerprint density at radius 2 is 1.82 bits per heavy atom. The molecule has 4 N–H and O–H groups in total. The Bertz CT molecular complexity index is 247. The van der Waals surface area contributed by atoms with Crippen LogP contribution in [-0.2, 0) is 14.3 Å². The van der Waals surface area contributed by atoms with Gasteiger partial charge in [0.1, 0.15) is 18.3 Å². The molecule has 4 atom stereocenters. The van der Waals surface area contributed by atoms with E-state index in [1.807, 2.05) is 0 Å². The predicted molar refractivity (Wildman–Crippen MR) is 56.4 cm³/mol. The lowest BCUT2D eigenvalue weighted by molar-refractivity contribution is -0.169. The van der Waals surface area contributed by atoms with Crippen LogP contribution >= 0.6 is 11.6 Å². The first-order valence-corrected chi connectivity index (χ1v) is 5.39. The lowest BCUT2D eigenvalue weighted by Crippen LogP contribution is -2.48. The van der Waals surface area contributed by atoms with Crippen LogP contribution in [0.15, 0.2) is 0 Å². The molecule has 0 amide bonds. The number of hydrogen-bond donors (Lipinski definition) is 4. The van der Waals surface area contributed by atoms with Gasteiger partial charge in [-0.05, 0) is 6.42 Å². The van der Waals surface area contributed by atoms with E-state index in [4.69, 9.17) is 21.8 Å². The summed E-state index contributed by atoms with van der Waals surface area (Å²) < 4.78 is 4.51. The van der Waals surface area contributed by atoms with Gasteiger partial charge in [-0.15, -0.1) is 11.6 Å². The number of carbonyl (C=O) groups excluding carboxylic acids is 2. The minimum absolute atomic E-state index is 0.0283. The maximum Gasteiger partial charge on any atom is 0.337 e. The van der Waals surface area contributed by atoms with Crippen LogP contribution in [-0.4, -0.2) is 69.6 Å². The molecule has 0 radical (unpaired) electrons. The number of aliphatic hydroxyl groups excluding tert-OH is 4. The summed E-state index contributed by atoms with van der Waals surface area (Å²) in [6, 6.07) is 0. The van der Waals surface area contributed by atoms with Crippen molar-refractivity contribution >= 4 is 23.9 Å². The van der Waals surface area contributed by atoms with Gasteiger partial charge < -0.3 is 30.0 Å². The minimum Gasteiger partial charge on any atom is -0.464 e. The van der Waals surface area contributed by atoms with Crippen LogP contribution < -0.4 is 0 Å². The third-order valence-corrected chi connectivity index (χ3v) is 2.19. The molecular weight excluding hydrogens is 256 g/mol. The zero-order chi connectivity index (χ0) is 13.4. The predicted octanol–water partition coefficient (Wildman–Crippen LogP) is -2.20. The standard InChI is InChI=1S/C9H15ClO7/c10-2-1-3-17-9(16)8(15)7(14)6(13)5(12)4-11/h4-8,12-15H,1-3H2/t5-,6+,7-,8-/m0/s1. The van der Waals surface area contributed by atoms with Crippen LogP contribution in [0.3, 0.4) is 0 Å². The molecule has 0 bridgehead atoms. The van der Waals surface area contributed by atoms with Gasteiger partial charge in [0.2, 0.25) is 0 Å². The van der Waals surface area contributed by atoms with Crippen LogP contribution in [0, 0.1) is 0 Å². The van der Waals surface area contributed by atoms with Gasteiger partial charge in [0.25, 0.3) is 0 Å². The SMILES string of the molecule is O=C[C@H](O)[C@@H](O)[C@H](O)[C@H](O)C(=O)OCCCCl. The van der Waals surface area contributed by atoms with Crippen LogP contribution in [0.5, 0.6) is 0 Å². The zero-order valence-electron chi connectivity index (χ0n) is 8.90. The quantitative estimate of drug-likeness (QED) is 0.171. The summed E-state index contributed by atoms with van der Waals surface area (Å²) in [6.45, 7) is -0.0432. The number of aldehydes is 1. The first kappa shape index (κ1) is 16.3. The monoisotopic (exact) mass is 270 g/mol. The number of aliphatic hydroxyl groups is 4. The van der Waals surface area contributed by atoms with Crippen molar-refractivity contribution in [2.45, 2.75) is 30.8 Å². The maximum atomic E-state index is 11.1. The molecule has 0 saturated heterocycles. The molecule has 0 aliphatic carbocycles. The van der Waals surface area contributed by atoms with Crippen molar-refractivity contribution in [3.8, 4) is 0 Å². The normalized spacial score (nSPS) is 17.9. The minimum atomic E-state index is -2.05. The Kier molecular flexibility index (Phi) is 8.01. The Morgan fingerprint density at radius 1 is 1.24 bits per heavy atom. The average molecular weight is 271 g/mol.